The van der Waals surface area contributed by atoms with Crippen LogP contribution in [0, 0.1) is 0 Å². The molecule has 3 N–H and O–H groups in total. The van der Waals surface area contributed by atoms with E-state index in [1.54, 1.807) is 6.92 Å². The molecule has 2 unspecified atom stereocenters. The largest absolute Gasteiger partial charge is 0.479 e. The van der Waals surface area contributed by atoms with Gasteiger partial charge in [0.15, 0.2) is 6.10 Å². The summed E-state index contributed by atoms with van der Waals surface area (Å²) in [6.07, 6.45) is -1.24. The SMILES string of the molecule is CCC(CO)OC(CO)C(=O)O. The van der Waals surface area contributed by atoms with Gasteiger partial charge in [0.1, 0.15) is 0 Å². The Balaban J connectivity index is 3.91. The van der Waals surface area contributed by atoms with Gasteiger partial charge in [-0.3, -0.25) is 0 Å². The summed E-state index contributed by atoms with van der Waals surface area (Å²) in [6, 6.07) is 0. The minimum absolute atomic E-state index is 0.236. The van der Waals surface area contributed by atoms with Crippen molar-refractivity contribution in [2.75, 3.05) is 13.2 Å². The van der Waals surface area contributed by atoms with Crippen LogP contribution in [0.4, 0.5) is 0 Å². The van der Waals surface area contributed by atoms with Crippen molar-refractivity contribution in [2.24, 2.45) is 0 Å². The second-order valence-electron chi connectivity index (χ2n) is 2.36. The lowest BCUT2D eigenvalue weighted by atomic mass is 10.3. The number of ether oxygens (including phenoxy) is 1. The van der Waals surface area contributed by atoms with Crippen LogP contribution in [-0.4, -0.2) is 46.7 Å². The third-order valence-electron chi connectivity index (χ3n) is 1.46. The highest BCUT2D eigenvalue weighted by atomic mass is 16.5. The van der Waals surface area contributed by atoms with E-state index in [0.29, 0.717) is 6.42 Å². The maximum Gasteiger partial charge on any atom is 0.335 e. The second kappa shape index (κ2) is 5.93. The first-order valence-electron chi connectivity index (χ1n) is 3.75. The van der Waals surface area contributed by atoms with Crippen molar-refractivity contribution >= 4 is 5.97 Å². The Labute approximate surface area is 70.6 Å². The van der Waals surface area contributed by atoms with E-state index in [4.69, 9.17) is 20.1 Å². The standard InChI is InChI=1S/C7H14O5/c1-2-5(3-8)12-6(4-9)7(10)11/h5-6,8-9H,2-4H2,1H3,(H,10,11). The number of carbonyl (C=O) groups is 1. The first-order chi connectivity index (χ1) is 5.65. The molecule has 0 saturated carbocycles. The topological polar surface area (TPSA) is 87.0 Å². The molecule has 0 radical (unpaired) electrons. The number of aliphatic carboxylic acids is 1. The van der Waals surface area contributed by atoms with Crippen LogP contribution in [0.3, 0.4) is 0 Å². The number of aliphatic hydroxyl groups excluding tert-OH is 2. The molecule has 0 aromatic rings. The summed E-state index contributed by atoms with van der Waals surface area (Å²) in [5.41, 5.74) is 0. The van der Waals surface area contributed by atoms with Crippen LogP contribution < -0.4 is 0 Å². The molecule has 0 saturated heterocycles. The predicted molar refractivity (Wildman–Crippen MR) is 40.8 cm³/mol. The molecule has 12 heavy (non-hydrogen) atoms. The van der Waals surface area contributed by atoms with Gasteiger partial charge in [-0.1, -0.05) is 6.92 Å². The van der Waals surface area contributed by atoms with Gasteiger partial charge in [-0.2, -0.15) is 0 Å². The minimum atomic E-state index is -1.23. The van der Waals surface area contributed by atoms with Crippen molar-refractivity contribution in [3.63, 3.8) is 0 Å². The number of carboxylic acid groups (broad SMARTS) is 1. The number of aliphatic hydroxyl groups is 2. The van der Waals surface area contributed by atoms with Crippen molar-refractivity contribution in [1.82, 2.24) is 0 Å². The zero-order chi connectivity index (χ0) is 9.56. The van der Waals surface area contributed by atoms with E-state index in [9.17, 15) is 4.79 Å². The fourth-order valence-corrected chi connectivity index (χ4v) is 0.680. The van der Waals surface area contributed by atoms with E-state index in [0.717, 1.165) is 0 Å². The van der Waals surface area contributed by atoms with Crippen molar-refractivity contribution in [3.05, 3.63) is 0 Å². The highest BCUT2D eigenvalue weighted by Crippen LogP contribution is 2.02. The molecule has 5 nitrogen and oxygen atoms in total. The van der Waals surface area contributed by atoms with E-state index in [2.05, 4.69) is 0 Å². The summed E-state index contributed by atoms with van der Waals surface area (Å²) in [6.45, 7) is 0.948. The van der Waals surface area contributed by atoms with Crippen LogP contribution >= 0.6 is 0 Å². The van der Waals surface area contributed by atoms with Gasteiger partial charge in [0.2, 0.25) is 0 Å². The number of rotatable bonds is 6. The Morgan fingerprint density at radius 2 is 2.00 bits per heavy atom. The molecule has 0 spiro atoms. The number of carboxylic acids is 1. The Hall–Kier alpha value is -0.650. The van der Waals surface area contributed by atoms with Gasteiger partial charge in [-0.25, -0.2) is 4.79 Å². The monoisotopic (exact) mass is 178 g/mol. The molecule has 0 aliphatic heterocycles. The zero-order valence-electron chi connectivity index (χ0n) is 6.93. The average molecular weight is 178 g/mol. The van der Waals surface area contributed by atoms with E-state index in [-0.39, 0.29) is 6.61 Å². The van der Waals surface area contributed by atoms with Crippen LogP contribution in [0.2, 0.25) is 0 Å². The van der Waals surface area contributed by atoms with Crippen LogP contribution in [0.25, 0.3) is 0 Å². The fourth-order valence-electron chi connectivity index (χ4n) is 0.680. The highest BCUT2D eigenvalue weighted by Gasteiger charge is 2.20. The summed E-state index contributed by atoms with van der Waals surface area (Å²) in [4.78, 5) is 10.3. The van der Waals surface area contributed by atoms with Gasteiger partial charge in [0, 0.05) is 0 Å². The fraction of sp³-hybridized carbons (Fsp3) is 0.857. The maximum absolute atomic E-state index is 10.3. The van der Waals surface area contributed by atoms with Crippen molar-refractivity contribution in [1.29, 1.82) is 0 Å². The van der Waals surface area contributed by atoms with Gasteiger partial charge in [-0.05, 0) is 6.42 Å². The third-order valence-corrected chi connectivity index (χ3v) is 1.46. The minimum Gasteiger partial charge on any atom is -0.479 e. The van der Waals surface area contributed by atoms with Gasteiger partial charge in [0.25, 0.3) is 0 Å². The van der Waals surface area contributed by atoms with E-state index in [1.807, 2.05) is 0 Å². The first kappa shape index (κ1) is 11.4. The molecule has 0 amide bonds. The highest BCUT2D eigenvalue weighted by molar-refractivity contribution is 5.72. The molecule has 72 valence electrons. The van der Waals surface area contributed by atoms with Crippen LogP contribution in [0.15, 0.2) is 0 Å². The molecule has 0 aliphatic carbocycles. The third kappa shape index (κ3) is 3.66. The lowest BCUT2D eigenvalue weighted by Gasteiger charge is -2.17. The Morgan fingerprint density at radius 1 is 1.42 bits per heavy atom. The molecule has 2 atom stereocenters. The quantitative estimate of drug-likeness (QED) is 0.496. The van der Waals surface area contributed by atoms with Gasteiger partial charge >= 0.3 is 5.97 Å². The van der Waals surface area contributed by atoms with E-state index >= 15 is 0 Å². The second-order valence-corrected chi connectivity index (χ2v) is 2.36. The summed E-state index contributed by atoms with van der Waals surface area (Å²) in [5.74, 6) is -1.22. The smallest absolute Gasteiger partial charge is 0.335 e. The van der Waals surface area contributed by atoms with Gasteiger partial charge in [0.05, 0.1) is 19.3 Å². The maximum atomic E-state index is 10.3. The number of hydrogen-bond acceptors (Lipinski definition) is 4. The molecule has 0 fully saturated rings. The molecule has 0 bridgehead atoms. The lowest BCUT2D eigenvalue weighted by Crippen LogP contribution is -2.33. The molecule has 0 rings (SSSR count). The summed E-state index contributed by atoms with van der Waals surface area (Å²) >= 11 is 0. The molecule has 0 aromatic carbocycles. The average Bonchev–Trinajstić information content (AvgIpc) is 2.06. The predicted octanol–water partition coefficient (Wildman–Crippen LogP) is -0.781. The van der Waals surface area contributed by atoms with Crippen molar-refractivity contribution < 1.29 is 24.9 Å². The number of hydrogen-bond donors (Lipinski definition) is 3. The Bertz CT molecular complexity index is 132. The zero-order valence-corrected chi connectivity index (χ0v) is 6.93. The molecule has 0 aromatic heterocycles. The molecular weight excluding hydrogens is 164 g/mol. The summed E-state index contributed by atoms with van der Waals surface area (Å²) in [5, 5.41) is 25.6. The van der Waals surface area contributed by atoms with Crippen LogP contribution in [-0.2, 0) is 9.53 Å². The van der Waals surface area contributed by atoms with Crippen molar-refractivity contribution in [3.8, 4) is 0 Å². The Morgan fingerprint density at radius 3 is 2.25 bits per heavy atom. The van der Waals surface area contributed by atoms with Crippen LogP contribution in [0.1, 0.15) is 13.3 Å². The van der Waals surface area contributed by atoms with Gasteiger partial charge < -0.3 is 20.1 Å². The first-order valence-corrected chi connectivity index (χ1v) is 3.75. The van der Waals surface area contributed by atoms with Crippen molar-refractivity contribution in [2.45, 2.75) is 25.6 Å². The Kier molecular flexibility index (Phi) is 5.61. The van der Waals surface area contributed by atoms with Gasteiger partial charge in [-0.15, -0.1) is 0 Å². The van der Waals surface area contributed by atoms with Crippen LogP contribution in [0.5, 0.6) is 0 Å². The normalized spacial score (nSPS) is 15.6. The van der Waals surface area contributed by atoms with E-state index < -0.39 is 24.8 Å². The molecule has 5 heteroatoms. The summed E-state index contributed by atoms with van der Waals surface area (Å²) < 4.78 is 4.86. The van der Waals surface area contributed by atoms with E-state index in [1.165, 1.54) is 0 Å². The summed E-state index contributed by atoms with van der Waals surface area (Å²) in [7, 11) is 0. The molecule has 0 aliphatic rings. The lowest BCUT2D eigenvalue weighted by molar-refractivity contribution is -0.159. The molecular formula is C7H14O5. The molecule has 0 heterocycles.